The summed E-state index contributed by atoms with van der Waals surface area (Å²) in [4.78, 5) is 29.3. The first-order valence-electron chi connectivity index (χ1n) is 8.91. The third-order valence-corrected chi connectivity index (χ3v) is 5.00. The van der Waals surface area contributed by atoms with E-state index in [1.54, 1.807) is 0 Å². The van der Waals surface area contributed by atoms with Gasteiger partial charge in [0, 0.05) is 32.2 Å². The number of rotatable bonds is 6. The average molecular weight is 366 g/mol. The van der Waals surface area contributed by atoms with Gasteiger partial charge in [0.05, 0.1) is 17.8 Å². The number of nitrogens with zero attached hydrogens (tertiary/aromatic N) is 2. The number of quaternary nitrogens is 1. The van der Waals surface area contributed by atoms with Crippen molar-refractivity contribution in [2.75, 3.05) is 51.2 Å². The predicted molar refractivity (Wildman–Crippen MR) is 98.0 cm³/mol. The maximum absolute atomic E-state index is 12.5. The van der Waals surface area contributed by atoms with Crippen molar-refractivity contribution in [2.45, 2.75) is 18.9 Å². The summed E-state index contributed by atoms with van der Waals surface area (Å²) in [5.41, 5.74) is 1.02. The summed E-state index contributed by atoms with van der Waals surface area (Å²) in [6.45, 7) is 3.62. The first-order chi connectivity index (χ1) is 12.0. The van der Waals surface area contributed by atoms with Crippen LogP contribution in [0.5, 0.6) is 0 Å². The quantitative estimate of drug-likeness (QED) is 0.733. The molecule has 7 heteroatoms. The lowest BCUT2D eigenvalue weighted by atomic mass is 10.2. The van der Waals surface area contributed by atoms with E-state index in [9.17, 15) is 9.59 Å². The molecule has 2 amide bonds. The van der Waals surface area contributed by atoms with Crippen molar-refractivity contribution in [3.63, 3.8) is 0 Å². The van der Waals surface area contributed by atoms with E-state index in [4.69, 9.17) is 11.6 Å². The van der Waals surface area contributed by atoms with Gasteiger partial charge in [-0.3, -0.25) is 9.59 Å². The summed E-state index contributed by atoms with van der Waals surface area (Å²) in [5.74, 6) is 0.145. The fourth-order valence-corrected chi connectivity index (χ4v) is 3.37. The van der Waals surface area contributed by atoms with Gasteiger partial charge >= 0.3 is 0 Å². The second-order valence-corrected chi connectivity index (χ2v) is 7.38. The zero-order valence-corrected chi connectivity index (χ0v) is 15.4. The standard InChI is InChI=1S/C18H25ClN4O2/c1-21(12-17(24)20-14-6-7-14)13-18(25)23-10-8-22(9-11-23)16-5-3-2-4-15(16)19/h2-5,14H,6-13H2,1H3,(H,20,24)/p+1. The van der Waals surface area contributed by atoms with Gasteiger partial charge in [-0.2, -0.15) is 0 Å². The van der Waals surface area contributed by atoms with E-state index < -0.39 is 0 Å². The highest BCUT2D eigenvalue weighted by molar-refractivity contribution is 6.33. The van der Waals surface area contributed by atoms with Crippen LogP contribution in [0, 0.1) is 0 Å². The third kappa shape index (κ3) is 5.09. The van der Waals surface area contributed by atoms with Crippen molar-refractivity contribution in [3.05, 3.63) is 29.3 Å². The van der Waals surface area contributed by atoms with Gasteiger partial charge in [0.2, 0.25) is 0 Å². The van der Waals surface area contributed by atoms with Crippen molar-refractivity contribution in [1.82, 2.24) is 10.2 Å². The van der Waals surface area contributed by atoms with Crippen LogP contribution in [0.3, 0.4) is 0 Å². The lowest BCUT2D eigenvalue weighted by Gasteiger charge is -2.36. The molecule has 2 N–H and O–H groups in total. The Labute approximate surface area is 153 Å². The number of likely N-dealkylation sites (N-methyl/N-ethyl adjacent to an activating group) is 1. The van der Waals surface area contributed by atoms with Gasteiger partial charge < -0.3 is 20.0 Å². The van der Waals surface area contributed by atoms with Gasteiger partial charge in [0.1, 0.15) is 0 Å². The minimum absolute atomic E-state index is 0.0383. The zero-order chi connectivity index (χ0) is 17.8. The molecule has 136 valence electrons. The Morgan fingerprint density at radius 2 is 1.84 bits per heavy atom. The summed E-state index contributed by atoms with van der Waals surface area (Å²) in [6, 6.07) is 8.16. The van der Waals surface area contributed by atoms with E-state index in [2.05, 4.69) is 10.2 Å². The molecule has 0 spiro atoms. The van der Waals surface area contributed by atoms with Gasteiger partial charge in [-0.15, -0.1) is 0 Å². The molecule has 0 bridgehead atoms. The number of carbonyl (C=O) groups excluding carboxylic acids is 2. The van der Waals surface area contributed by atoms with Crippen molar-refractivity contribution in [1.29, 1.82) is 0 Å². The monoisotopic (exact) mass is 365 g/mol. The smallest absolute Gasteiger partial charge is 0.277 e. The first-order valence-corrected chi connectivity index (χ1v) is 9.28. The van der Waals surface area contributed by atoms with Crippen molar-refractivity contribution < 1.29 is 14.5 Å². The summed E-state index contributed by atoms with van der Waals surface area (Å²) in [6.07, 6.45) is 2.17. The average Bonchev–Trinajstić information content (AvgIpc) is 3.39. The predicted octanol–water partition coefficient (Wildman–Crippen LogP) is -0.218. The topological polar surface area (TPSA) is 57.1 Å². The molecule has 1 aliphatic carbocycles. The zero-order valence-electron chi connectivity index (χ0n) is 14.6. The van der Waals surface area contributed by atoms with Crippen LogP contribution in [-0.2, 0) is 9.59 Å². The fraction of sp³-hybridized carbons (Fsp3) is 0.556. The van der Waals surface area contributed by atoms with Gasteiger partial charge in [0.25, 0.3) is 11.8 Å². The van der Waals surface area contributed by atoms with E-state index in [0.29, 0.717) is 32.2 Å². The molecule has 2 fully saturated rings. The molecule has 1 aliphatic heterocycles. The maximum atomic E-state index is 12.5. The SMILES string of the molecule is C[NH+](CC(=O)NC1CC1)CC(=O)N1CCN(c2ccccc2Cl)CC1. The van der Waals surface area contributed by atoms with Crippen LogP contribution in [-0.4, -0.2) is 69.1 Å². The number of piperazine rings is 1. The Kier molecular flexibility index (Phi) is 5.81. The fourth-order valence-electron chi connectivity index (χ4n) is 3.12. The molecule has 0 radical (unpaired) electrons. The van der Waals surface area contributed by atoms with Crippen LogP contribution >= 0.6 is 11.6 Å². The Bertz CT molecular complexity index is 627. The Hall–Kier alpha value is -1.79. The van der Waals surface area contributed by atoms with Crippen LogP contribution in [0.25, 0.3) is 0 Å². The molecule has 1 saturated carbocycles. The van der Waals surface area contributed by atoms with Crippen molar-refractivity contribution in [3.8, 4) is 0 Å². The molecule has 0 aromatic heterocycles. The van der Waals surface area contributed by atoms with E-state index >= 15 is 0 Å². The van der Waals surface area contributed by atoms with Gasteiger partial charge in [-0.1, -0.05) is 23.7 Å². The number of benzene rings is 1. The second-order valence-electron chi connectivity index (χ2n) is 6.97. The number of amides is 2. The molecule has 3 rings (SSSR count). The number of anilines is 1. The van der Waals surface area contributed by atoms with E-state index in [1.807, 2.05) is 36.2 Å². The van der Waals surface area contributed by atoms with Gasteiger partial charge in [-0.25, -0.2) is 0 Å². The molecular weight excluding hydrogens is 340 g/mol. The summed E-state index contributed by atoms with van der Waals surface area (Å²) in [5, 5.41) is 3.71. The third-order valence-electron chi connectivity index (χ3n) is 4.68. The molecule has 25 heavy (non-hydrogen) atoms. The Morgan fingerprint density at radius 1 is 1.16 bits per heavy atom. The molecule has 1 unspecified atom stereocenters. The second kappa shape index (κ2) is 8.06. The van der Waals surface area contributed by atoms with Crippen molar-refractivity contribution in [2.24, 2.45) is 0 Å². The molecule has 1 heterocycles. The van der Waals surface area contributed by atoms with Crippen LogP contribution in [0.2, 0.25) is 5.02 Å². The first kappa shape index (κ1) is 18.0. The Morgan fingerprint density at radius 3 is 2.48 bits per heavy atom. The number of para-hydroxylation sites is 1. The molecule has 2 aliphatic rings. The van der Waals surface area contributed by atoms with Crippen LogP contribution in [0.15, 0.2) is 24.3 Å². The number of hydrogen-bond donors (Lipinski definition) is 2. The lowest BCUT2D eigenvalue weighted by Crippen LogP contribution is -3.11. The van der Waals surface area contributed by atoms with E-state index in [-0.39, 0.29) is 11.8 Å². The number of nitrogens with one attached hydrogen (secondary N) is 2. The number of halogens is 1. The minimum atomic E-state index is 0.0383. The molecule has 1 aromatic rings. The highest BCUT2D eigenvalue weighted by Crippen LogP contribution is 2.25. The summed E-state index contributed by atoms with van der Waals surface area (Å²) >= 11 is 6.25. The highest BCUT2D eigenvalue weighted by atomic mass is 35.5. The minimum Gasteiger partial charge on any atom is -0.367 e. The number of hydrogen-bond acceptors (Lipinski definition) is 3. The largest absolute Gasteiger partial charge is 0.367 e. The van der Waals surface area contributed by atoms with E-state index in [0.717, 1.165) is 41.5 Å². The normalized spacial score (nSPS) is 18.8. The Balaban J connectivity index is 1.43. The summed E-state index contributed by atoms with van der Waals surface area (Å²) < 4.78 is 0. The highest BCUT2D eigenvalue weighted by Gasteiger charge is 2.27. The molecule has 1 aromatic carbocycles. The summed E-state index contributed by atoms with van der Waals surface area (Å²) in [7, 11) is 1.89. The van der Waals surface area contributed by atoms with Gasteiger partial charge in [-0.05, 0) is 25.0 Å². The van der Waals surface area contributed by atoms with Crippen LogP contribution < -0.4 is 15.1 Å². The van der Waals surface area contributed by atoms with E-state index in [1.165, 1.54) is 0 Å². The molecule has 1 atom stereocenters. The molecular formula is C18H26ClN4O2+. The van der Waals surface area contributed by atoms with Crippen molar-refractivity contribution >= 4 is 29.1 Å². The lowest BCUT2D eigenvalue weighted by molar-refractivity contribution is -0.863. The molecule has 1 saturated heterocycles. The van der Waals surface area contributed by atoms with Crippen LogP contribution in [0.1, 0.15) is 12.8 Å². The maximum Gasteiger partial charge on any atom is 0.277 e. The van der Waals surface area contributed by atoms with Crippen LogP contribution in [0.4, 0.5) is 5.69 Å². The van der Waals surface area contributed by atoms with Gasteiger partial charge in [0.15, 0.2) is 13.1 Å². The number of carbonyl (C=O) groups is 2. The molecule has 6 nitrogen and oxygen atoms in total.